The Morgan fingerprint density at radius 1 is 1.24 bits per heavy atom. The minimum atomic E-state index is -3.31. The molecule has 0 aliphatic carbocycles. The van der Waals surface area contributed by atoms with Crippen molar-refractivity contribution >= 4 is 21.6 Å². The van der Waals surface area contributed by atoms with Crippen molar-refractivity contribution in [3.8, 4) is 0 Å². The summed E-state index contributed by atoms with van der Waals surface area (Å²) in [6, 6.07) is 5.51. The standard InChI is InChI=1S/C14H23N3O3S/c1-4-7-16-13-10-11(2)5-6-12(13)14(18)17-8-9-21(19,20)15-3/h5-6,10,15-16H,4,7-9H2,1-3H3,(H,17,18). The first-order chi connectivity index (χ1) is 9.89. The normalized spacial score (nSPS) is 11.2. The van der Waals surface area contributed by atoms with Crippen molar-refractivity contribution in [2.75, 3.05) is 31.2 Å². The lowest BCUT2D eigenvalue weighted by Crippen LogP contribution is -2.33. The quantitative estimate of drug-likeness (QED) is 0.670. The maximum atomic E-state index is 12.1. The van der Waals surface area contributed by atoms with Gasteiger partial charge in [-0.25, -0.2) is 13.1 Å². The molecule has 0 saturated heterocycles. The summed E-state index contributed by atoms with van der Waals surface area (Å²) in [5.74, 6) is -0.418. The van der Waals surface area contributed by atoms with Crippen LogP contribution in [0.4, 0.5) is 5.69 Å². The molecule has 0 unspecified atom stereocenters. The van der Waals surface area contributed by atoms with E-state index in [9.17, 15) is 13.2 Å². The molecule has 1 aromatic carbocycles. The number of rotatable bonds is 8. The van der Waals surface area contributed by atoms with Crippen LogP contribution in [0.1, 0.15) is 29.3 Å². The van der Waals surface area contributed by atoms with Gasteiger partial charge in [-0.3, -0.25) is 4.79 Å². The molecule has 0 radical (unpaired) electrons. The second kappa shape index (κ2) is 7.99. The van der Waals surface area contributed by atoms with Crippen molar-refractivity contribution in [1.29, 1.82) is 0 Å². The van der Waals surface area contributed by atoms with Crippen molar-refractivity contribution in [2.24, 2.45) is 0 Å². The number of hydrogen-bond donors (Lipinski definition) is 3. The van der Waals surface area contributed by atoms with Gasteiger partial charge < -0.3 is 10.6 Å². The largest absolute Gasteiger partial charge is 0.384 e. The molecule has 0 fully saturated rings. The molecule has 0 aliphatic rings. The molecule has 0 atom stereocenters. The molecule has 1 rings (SSSR count). The predicted molar refractivity (Wildman–Crippen MR) is 85.1 cm³/mol. The number of sulfonamides is 1. The van der Waals surface area contributed by atoms with Gasteiger partial charge in [0.1, 0.15) is 0 Å². The van der Waals surface area contributed by atoms with Crippen LogP contribution in [0.15, 0.2) is 18.2 Å². The Balaban J connectivity index is 2.73. The number of benzene rings is 1. The molecule has 0 spiro atoms. The Morgan fingerprint density at radius 2 is 1.95 bits per heavy atom. The number of carbonyl (C=O) groups is 1. The number of amides is 1. The van der Waals surface area contributed by atoms with Crippen LogP contribution in [0.2, 0.25) is 0 Å². The zero-order chi connectivity index (χ0) is 15.9. The van der Waals surface area contributed by atoms with Gasteiger partial charge in [-0.2, -0.15) is 0 Å². The first-order valence-corrected chi connectivity index (χ1v) is 8.58. The Labute approximate surface area is 126 Å². The Bertz CT molecular complexity index is 585. The van der Waals surface area contributed by atoms with Crippen molar-refractivity contribution in [3.05, 3.63) is 29.3 Å². The summed E-state index contributed by atoms with van der Waals surface area (Å²) in [6.45, 7) is 4.85. The van der Waals surface area contributed by atoms with Crippen LogP contribution >= 0.6 is 0 Å². The van der Waals surface area contributed by atoms with Gasteiger partial charge in [-0.05, 0) is 38.1 Å². The second-order valence-corrected chi connectivity index (χ2v) is 6.80. The molecule has 3 N–H and O–H groups in total. The highest BCUT2D eigenvalue weighted by atomic mass is 32.2. The summed E-state index contributed by atoms with van der Waals surface area (Å²) in [7, 11) is -1.96. The maximum absolute atomic E-state index is 12.1. The molecule has 0 saturated carbocycles. The van der Waals surface area contributed by atoms with E-state index in [0.717, 1.165) is 24.2 Å². The minimum absolute atomic E-state index is 0.0725. The predicted octanol–water partition coefficient (Wildman–Crippen LogP) is 1.10. The summed E-state index contributed by atoms with van der Waals surface area (Å²) in [4.78, 5) is 12.1. The summed E-state index contributed by atoms with van der Waals surface area (Å²) in [5.41, 5.74) is 2.35. The Morgan fingerprint density at radius 3 is 2.57 bits per heavy atom. The highest BCUT2D eigenvalue weighted by Gasteiger charge is 2.13. The van der Waals surface area contributed by atoms with E-state index in [0.29, 0.717) is 5.56 Å². The zero-order valence-electron chi connectivity index (χ0n) is 12.7. The molecular weight excluding hydrogens is 290 g/mol. The topological polar surface area (TPSA) is 87.3 Å². The number of hydrogen-bond acceptors (Lipinski definition) is 4. The van der Waals surface area contributed by atoms with Gasteiger partial charge in [0.2, 0.25) is 10.0 Å². The molecule has 0 bridgehead atoms. The summed E-state index contributed by atoms with van der Waals surface area (Å²) < 4.78 is 24.8. The third-order valence-electron chi connectivity index (χ3n) is 2.95. The fourth-order valence-corrected chi connectivity index (χ4v) is 2.33. The first-order valence-electron chi connectivity index (χ1n) is 6.93. The third kappa shape index (κ3) is 5.73. The van der Waals surface area contributed by atoms with Crippen LogP contribution in [0.25, 0.3) is 0 Å². The van der Waals surface area contributed by atoms with Crippen molar-refractivity contribution < 1.29 is 13.2 Å². The van der Waals surface area contributed by atoms with Gasteiger partial charge in [-0.1, -0.05) is 13.0 Å². The third-order valence-corrected chi connectivity index (χ3v) is 4.32. The summed E-state index contributed by atoms with van der Waals surface area (Å²) >= 11 is 0. The average molecular weight is 313 g/mol. The average Bonchev–Trinajstić information content (AvgIpc) is 2.44. The van der Waals surface area contributed by atoms with E-state index in [-0.39, 0.29) is 18.2 Å². The van der Waals surface area contributed by atoms with Gasteiger partial charge in [0.15, 0.2) is 0 Å². The summed E-state index contributed by atoms with van der Waals surface area (Å²) in [5, 5.41) is 5.84. The van der Waals surface area contributed by atoms with Gasteiger partial charge in [0.25, 0.3) is 5.91 Å². The fourth-order valence-electron chi connectivity index (χ4n) is 1.76. The molecule has 1 amide bonds. The molecular formula is C14H23N3O3S. The van der Waals surface area contributed by atoms with Crippen LogP contribution in [-0.2, 0) is 10.0 Å². The lowest BCUT2D eigenvalue weighted by Gasteiger charge is -2.12. The molecule has 118 valence electrons. The lowest BCUT2D eigenvalue weighted by molar-refractivity contribution is 0.0957. The van der Waals surface area contributed by atoms with Crippen LogP contribution in [0, 0.1) is 6.92 Å². The smallest absolute Gasteiger partial charge is 0.253 e. The van der Waals surface area contributed by atoms with Crippen LogP contribution < -0.4 is 15.4 Å². The Hall–Kier alpha value is -1.60. The van der Waals surface area contributed by atoms with E-state index in [1.807, 2.05) is 26.0 Å². The van der Waals surface area contributed by atoms with Crippen molar-refractivity contribution in [3.63, 3.8) is 0 Å². The number of aryl methyl sites for hydroxylation is 1. The van der Waals surface area contributed by atoms with E-state index < -0.39 is 10.0 Å². The van der Waals surface area contributed by atoms with Crippen molar-refractivity contribution in [2.45, 2.75) is 20.3 Å². The SMILES string of the molecule is CCCNc1cc(C)ccc1C(=O)NCCS(=O)(=O)NC. The molecule has 7 heteroatoms. The van der Waals surface area contributed by atoms with Crippen molar-refractivity contribution in [1.82, 2.24) is 10.0 Å². The van der Waals surface area contributed by atoms with E-state index in [4.69, 9.17) is 0 Å². The monoisotopic (exact) mass is 313 g/mol. The minimum Gasteiger partial charge on any atom is -0.384 e. The number of anilines is 1. The lowest BCUT2D eigenvalue weighted by atomic mass is 10.1. The number of carbonyl (C=O) groups excluding carboxylic acids is 1. The zero-order valence-corrected chi connectivity index (χ0v) is 13.5. The molecule has 6 nitrogen and oxygen atoms in total. The van der Waals surface area contributed by atoms with E-state index in [2.05, 4.69) is 15.4 Å². The second-order valence-electron chi connectivity index (χ2n) is 4.75. The van der Waals surface area contributed by atoms with Crippen LogP contribution in [0.5, 0.6) is 0 Å². The van der Waals surface area contributed by atoms with Crippen LogP contribution in [-0.4, -0.2) is 40.2 Å². The Kier molecular flexibility index (Phi) is 6.64. The fraction of sp³-hybridized carbons (Fsp3) is 0.500. The molecule has 0 heterocycles. The van der Waals surface area contributed by atoms with E-state index in [1.54, 1.807) is 6.07 Å². The van der Waals surface area contributed by atoms with E-state index >= 15 is 0 Å². The van der Waals surface area contributed by atoms with Gasteiger partial charge in [0, 0.05) is 18.8 Å². The number of nitrogens with one attached hydrogen (secondary N) is 3. The molecule has 1 aromatic rings. The maximum Gasteiger partial charge on any atom is 0.253 e. The molecule has 0 aliphatic heterocycles. The van der Waals surface area contributed by atoms with E-state index in [1.165, 1.54) is 7.05 Å². The van der Waals surface area contributed by atoms with Gasteiger partial charge in [-0.15, -0.1) is 0 Å². The van der Waals surface area contributed by atoms with Crippen LogP contribution in [0.3, 0.4) is 0 Å². The van der Waals surface area contributed by atoms with Gasteiger partial charge >= 0.3 is 0 Å². The highest BCUT2D eigenvalue weighted by Crippen LogP contribution is 2.17. The summed E-state index contributed by atoms with van der Waals surface area (Å²) in [6.07, 6.45) is 0.954. The molecule has 21 heavy (non-hydrogen) atoms. The van der Waals surface area contributed by atoms with Gasteiger partial charge in [0.05, 0.1) is 11.3 Å². The molecule has 0 aromatic heterocycles. The highest BCUT2D eigenvalue weighted by molar-refractivity contribution is 7.89. The first kappa shape index (κ1) is 17.5.